The first-order valence-electron chi connectivity index (χ1n) is 10.5. The molecular weight excluding hydrogens is 362 g/mol. The van der Waals surface area contributed by atoms with E-state index in [1.54, 1.807) is 0 Å². The van der Waals surface area contributed by atoms with Gasteiger partial charge in [-0.05, 0) is 55.6 Å². The Bertz CT molecular complexity index is 935. The minimum Gasteiger partial charge on any atom is -0.486 e. The fourth-order valence-electron chi connectivity index (χ4n) is 3.54. The lowest BCUT2D eigenvalue weighted by atomic mass is 10.1. The van der Waals surface area contributed by atoms with Crippen LogP contribution in [0.25, 0.3) is 16.9 Å². The molecule has 0 bridgehead atoms. The number of aromatic nitrogens is 2. The highest BCUT2D eigenvalue weighted by molar-refractivity contribution is 5.67. The molecule has 0 saturated heterocycles. The number of ether oxygens (including phenoxy) is 2. The van der Waals surface area contributed by atoms with Crippen LogP contribution in [0.4, 0.5) is 0 Å². The van der Waals surface area contributed by atoms with Crippen molar-refractivity contribution in [2.45, 2.75) is 33.2 Å². The van der Waals surface area contributed by atoms with Crippen LogP contribution in [0.15, 0.2) is 54.7 Å². The van der Waals surface area contributed by atoms with Gasteiger partial charge in [-0.3, -0.25) is 0 Å². The zero-order valence-electron chi connectivity index (χ0n) is 17.2. The van der Waals surface area contributed by atoms with Gasteiger partial charge < -0.3 is 14.8 Å². The maximum absolute atomic E-state index is 5.78. The van der Waals surface area contributed by atoms with Gasteiger partial charge in [-0.2, -0.15) is 5.10 Å². The lowest BCUT2D eigenvalue weighted by molar-refractivity contribution is 0.171. The Morgan fingerprint density at radius 1 is 1.03 bits per heavy atom. The number of nitrogens with one attached hydrogen (secondary N) is 1. The van der Waals surface area contributed by atoms with Gasteiger partial charge in [-0.1, -0.05) is 32.0 Å². The molecule has 5 nitrogen and oxygen atoms in total. The molecule has 0 fully saturated rings. The van der Waals surface area contributed by atoms with E-state index in [4.69, 9.17) is 14.6 Å². The van der Waals surface area contributed by atoms with Gasteiger partial charge in [-0.15, -0.1) is 0 Å². The average Bonchev–Trinajstić information content (AvgIpc) is 3.18. The first kappa shape index (κ1) is 19.5. The fraction of sp³-hybridized carbons (Fsp3) is 0.375. The lowest BCUT2D eigenvalue weighted by Crippen LogP contribution is -2.16. The summed E-state index contributed by atoms with van der Waals surface area (Å²) in [4.78, 5) is 0. The fourth-order valence-corrected chi connectivity index (χ4v) is 3.54. The van der Waals surface area contributed by atoms with Crippen LogP contribution in [0, 0.1) is 5.92 Å². The third kappa shape index (κ3) is 4.80. The highest BCUT2D eigenvalue weighted by Gasteiger charge is 2.17. The minimum atomic E-state index is 0.583. The Morgan fingerprint density at radius 2 is 1.83 bits per heavy atom. The van der Waals surface area contributed by atoms with E-state index in [1.165, 1.54) is 18.4 Å². The summed E-state index contributed by atoms with van der Waals surface area (Å²) in [7, 11) is 0. The molecule has 0 unspecified atom stereocenters. The van der Waals surface area contributed by atoms with Crippen LogP contribution in [0.2, 0.25) is 0 Å². The first-order valence-corrected chi connectivity index (χ1v) is 10.5. The molecule has 5 heteroatoms. The topological polar surface area (TPSA) is 48.3 Å². The van der Waals surface area contributed by atoms with Gasteiger partial charge in [0.2, 0.25) is 0 Å². The van der Waals surface area contributed by atoms with E-state index in [-0.39, 0.29) is 0 Å². The molecule has 0 amide bonds. The molecule has 1 N–H and O–H groups in total. The number of para-hydroxylation sites is 1. The van der Waals surface area contributed by atoms with Crippen molar-refractivity contribution in [3.05, 3.63) is 60.3 Å². The maximum atomic E-state index is 5.78. The van der Waals surface area contributed by atoms with Gasteiger partial charge in [0.05, 0.1) is 11.4 Å². The molecule has 2 aromatic carbocycles. The summed E-state index contributed by atoms with van der Waals surface area (Å²) in [5.41, 5.74) is 4.25. The summed E-state index contributed by atoms with van der Waals surface area (Å²) in [5, 5.41) is 8.49. The van der Waals surface area contributed by atoms with Crippen LogP contribution in [-0.2, 0) is 6.54 Å². The summed E-state index contributed by atoms with van der Waals surface area (Å²) >= 11 is 0. The highest BCUT2D eigenvalue weighted by atomic mass is 16.6. The Balaban J connectivity index is 1.59. The summed E-state index contributed by atoms with van der Waals surface area (Å²) in [5.74, 6) is 2.33. The minimum absolute atomic E-state index is 0.583. The van der Waals surface area contributed by atoms with E-state index >= 15 is 0 Å². The molecule has 152 valence electrons. The van der Waals surface area contributed by atoms with Gasteiger partial charge in [-0.25, -0.2) is 4.68 Å². The molecule has 1 aliphatic heterocycles. The van der Waals surface area contributed by atoms with Crippen molar-refractivity contribution in [3.8, 4) is 28.4 Å². The lowest BCUT2D eigenvalue weighted by Gasteiger charge is -2.18. The molecule has 4 rings (SSSR count). The predicted octanol–water partition coefficient (Wildman–Crippen LogP) is 4.84. The van der Waals surface area contributed by atoms with E-state index < -0.39 is 0 Å². The van der Waals surface area contributed by atoms with Crippen molar-refractivity contribution < 1.29 is 9.47 Å². The van der Waals surface area contributed by atoms with E-state index in [2.05, 4.69) is 43.6 Å². The quantitative estimate of drug-likeness (QED) is 0.559. The molecule has 29 heavy (non-hydrogen) atoms. The van der Waals surface area contributed by atoms with Crippen molar-refractivity contribution in [1.29, 1.82) is 0 Å². The highest BCUT2D eigenvalue weighted by Crippen LogP contribution is 2.35. The van der Waals surface area contributed by atoms with Gasteiger partial charge in [0, 0.05) is 23.9 Å². The largest absolute Gasteiger partial charge is 0.486 e. The van der Waals surface area contributed by atoms with Crippen molar-refractivity contribution in [2.24, 2.45) is 5.92 Å². The Kier molecular flexibility index (Phi) is 6.15. The third-order valence-electron chi connectivity index (χ3n) is 5.08. The zero-order chi connectivity index (χ0) is 20.1. The van der Waals surface area contributed by atoms with E-state index in [9.17, 15) is 0 Å². The van der Waals surface area contributed by atoms with E-state index in [1.807, 2.05) is 35.0 Å². The number of hydrogen-bond donors (Lipinski definition) is 1. The average molecular weight is 392 g/mol. The second-order valence-corrected chi connectivity index (χ2v) is 7.85. The van der Waals surface area contributed by atoms with E-state index in [0.717, 1.165) is 47.5 Å². The molecule has 0 atom stereocenters. The van der Waals surface area contributed by atoms with Crippen LogP contribution >= 0.6 is 0 Å². The maximum Gasteiger partial charge on any atom is 0.162 e. The van der Waals surface area contributed by atoms with E-state index in [0.29, 0.717) is 13.2 Å². The molecule has 1 aromatic heterocycles. The smallest absolute Gasteiger partial charge is 0.162 e. The summed E-state index contributed by atoms with van der Waals surface area (Å²) in [6.45, 7) is 7.51. The SMILES string of the molecule is CC(C)CCCNCc1cn(-c2ccccc2)nc1-c1ccc2c(c1)OCCO2. The van der Waals surface area contributed by atoms with Crippen molar-refractivity contribution >= 4 is 0 Å². The number of rotatable bonds is 8. The molecule has 1 aliphatic rings. The number of hydrogen-bond acceptors (Lipinski definition) is 4. The van der Waals surface area contributed by atoms with Gasteiger partial charge in [0.1, 0.15) is 13.2 Å². The predicted molar refractivity (Wildman–Crippen MR) is 116 cm³/mol. The molecule has 2 heterocycles. The van der Waals surface area contributed by atoms with Crippen molar-refractivity contribution in [1.82, 2.24) is 15.1 Å². The second kappa shape index (κ2) is 9.14. The number of fused-ring (bicyclic) bond motifs is 1. The van der Waals surface area contributed by atoms with Crippen LogP contribution in [0.5, 0.6) is 11.5 Å². The Morgan fingerprint density at radius 3 is 2.62 bits per heavy atom. The first-order chi connectivity index (χ1) is 14.2. The molecule has 0 spiro atoms. The summed E-state index contributed by atoms with van der Waals surface area (Å²) in [6, 6.07) is 16.3. The van der Waals surface area contributed by atoms with Crippen LogP contribution in [0.1, 0.15) is 32.3 Å². The molecule has 0 radical (unpaired) electrons. The van der Waals surface area contributed by atoms with Crippen LogP contribution in [0.3, 0.4) is 0 Å². The van der Waals surface area contributed by atoms with Gasteiger partial charge >= 0.3 is 0 Å². The second-order valence-electron chi connectivity index (χ2n) is 7.85. The Hall–Kier alpha value is -2.79. The van der Waals surface area contributed by atoms with Crippen LogP contribution in [-0.4, -0.2) is 29.5 Å². The van der Waals surface area contributed by atoms with Crippen molar-refractivity contribution in [2.75, 3.05) is 19.8 Å². The summed E-state index contributed by atoms with van der Waals surface area (Å²) in [6.07, 6.45) is 4.55. The molecule has 0 aliphatic carbocycles. The summed E-state index contributed by atoms with van der Waals surface area (Å²) < 4.78 is 13.4. The van der Waals surface area contributed by atoms with Gasteiger partial charge in [0.25, 0.3) is 0 Å². The number of nitrogens with zero attached hydrogens (tertiary/aromatic N) is 2. The van der Waals surface area contributed by atoms with Crippen LogP contribution < -0.4 is 14.8 Å². The van der Waals surface area contributed by atoms with Crippen molar-refractivity contribution in [3.63, 3.8) is 0 Å². The molecule has 0 saturated carbocycles. The third-order valence-corrected chi connectivity index (χ3v) is 5.08. The zero-order valence-corrected chi connectivity index (χ0v) is 17.2. The Labute approximate surface area is 172 Å². The normalized spacial score (nSPS) is 13.1. The monoisotopic (exact) mass is 391 g/mol. The molecular formula is C24H29N3O2. The molecule has 3 aromatic rings. The van der Waals surface area contributed by atoms with Gasteiger partial charge in [0.15, 0.2) is 11.5 Å². The standard InChI is InChI=1S/C24H29N3O2/c1-18(2)7-6-12-25-16-20-17-27(21-8-4-3-5-9-21)26-24(20)19-10-11-22-23(15-19)29-14-13-28-22/h3-5,8-11,15,17-18,25H,6-7,12-14,16H2,1-2H3. The number of benzene rings is 2.